The van der Waals surface area contributed by atoms with Gasteiger partial charge in [-0.3, -0.25) is 0 Å². The zero-order valence-electron chi connectivity index (χ0n) is 7.94. The average molecular weight is 204 g/mol. The molecule has 1 fully saturated rings. The summed E-state index contributed by atoms with van der Waals surface area (Å²) >= 11 is 1.45. The summed E-state index contributed by atoms with van der Waals surface area (Å²) in [4.78, 5) is 1.01. The molecule has 0 bridgehead atoms. The summed E-state index contributed by atoms with van der Waals surface area (Å²) in [6.07, 6.45) is 1.85. The van der Waals surface area contributed by atoms with Gasteiger partial charge < -0.3 is 0 Å². The van der Waals surface area contributed by atoms with Crippen LogP contribution >= 0.6 is 11.8 Å². The van der Waals surface area contributed by atoms with E-state index in [9.17, 15) is 8.78 Å². The second-order valence-electron chi connectivity index (χ2n) is 3.71. The minimum atomic E-state index is -2.45. The van der Waals surface area contributed by atoms with Crippen molar-refractivity contribution in [3.8, 4) is 0 Å². The number of hydrogen-bond donors (Lipinski definition) is 0. The Kier molecular flexibility index (Phi) is 2.85. The number of halogens is 2. The van der Waals surface area contributed by atoms with E-state index < -0.39 is 5.92 Å². The van der Waals surface area contributed by atoms with Crippen molar-refractivity contribution in [2.45, 2.75) is 32.6 Å². The van der Waals surface area contributed by atoms with Crippen LogP contribution in [0.1, 0.15) is 26.7 Å². The van der Waals surface area contributed by atoms with Gasteiger partial charge in [0.15, 0.2) is 0 Å². The lowest BCUT2D eigenvalue weighted by Crippen LogP contribution is -2.44. The summed E-state index contributed by atoms with van der Waals surface area (Å²) in [6, 6.07) is 0. The van der Waals surface area contributed by atoms with Gasteiger partial charge in [-0.2, -0.15) is 0 Å². The highest BCUT2D eigenvalue weighted by molar-refractivity contribution is 8.05. The smallest absolute Gasteiger partial charge is 0.207 e. The van der Waals surface area contributed by atoms with Gasteiger partial charge in [0, 0.05) is 18.3 Å². The Bertz CT molecular complexity index is 235. The molecule has 13 heavy (non-hydrogen) atoms. The number of allylic oxidation sites excluding steroid dienone is 2. The fourth-order valence-electron chi connectivity index (χ4n) is 1.91. The molecule has 0 aromatic carbocycles. The van der Waals surface area contributed by atoms with Gasteiger partial charge >= 0.3 is 0 Å². The van der Waals surface area contributed by atoms with Gasteiger partial charge in [-0.1, -0.05) is 19.6 Å². The van der Waals surface area contributed by atoms with Crippen molar-refractivity contribution in [3.63, 3.8) is 0 Å². The molecule has 0 aromatic rings. The Morgan fingerprint density at radius 3 is 2.31 bits per heavy atom. The van der Waals surface area contributed by atoms with E-state index in [1.54, 1.807) is 5.41 Å². The monoisotopic (exact) mass is 204 g/mol. The zero-order valence-corrected chi connectivity index (χ0v) is 8.76. The van der Waals surface area contributed by atoms with Crippen LogP contribution in [0.5, 0.6) is 0 Å². The van der Waals surface area contributed by atoms with Crippen LogP contribution in [0.25, 0.3) is 0 Å². The third-order valence-corrected chi connectivity index (χ3v) is 3.51. The number of hydrogen-bond acceptors (Lipinski definition) is 1. The summed E-state index contributed by atoms with van der Waals surface area (Å²) < 4.78 is 25.4. The highest BCUT2D eigenvalue weighted by Gasteiger charge is 2.55. The maximum Gasteiger partial charge on any atom is 0.249 e. The molecule has 0 amide bonds. The number of alkyl halides is 2. The Labute approximate surface area is 82.1 Å². The van der Waals surface area contributed by atoms with Crippen LogP contribution in [-0.4, -0.2) is 5.92 Å². The number of rotatable bonds is 3. The van der Waals surface area contributed by atoms with E-state index >= 15 is 0 Å². The maximum absolute atomic E-state index is 12.7. The lowest BCUT2D eigenvalue weighted by atomic mass is 9.67. The highest BCUT2D eigenvalue weighted by Crippen LogP contribution is 2.58. The van der Waals surface area contributed by atoms with Crippen LogP contribution in [0.2, 0.25) is 0 Å². The van der Waals surface area contributed by atoms with Gasteiger partial charge in [-0.05, 0) is 17.2 Å². The van der Waals surface area contributed by atoms with Crippen molar-refractivity contribution in [2.75, 3.05) is 0 Å². The van der Waals surface area contributed by atoms with Crippen molar-refractivity contribution in [3.05, 3.63) is 23.0 Å². The van der Waals surface area contributed by atoms with Gasteiger partial charge in [0.1, 0.15) is 0 Å². The third kappa shape index (κ3) is 2.13. The van der Waals surface area contributed by atoms with Gasteiger partial charge in [0.2, 0.25) is 5.92 Å². The maximum atomic E-state index is 12.7. The Morgan fingerprint density at radius 1 is 1.46 bits per heavy atom. The van der Waals surface area contributed by atoms with Gasteiger partial charge in [-0.25, -0.2) is 8.78 Å². The molecule has 0 radical (unpaired) electrons. The zero-order chi connectivity index (χ0) is 10.1. The lowest BCUT2D eigenvalue weighted by molar-refractivity contribution is -0.135. The minimum absolute atomic E-state index is 0.0273. The Morgan fingerprint density at radius 2 is 2.00 bits per heavy atom. The molecule has 3 heteroatoms. The number of thioether (sulfide) groups is 1. The molecule has 0 unspecified atom stereocenters. The van der Waals surface area contributed by atoms with Crippen molar-refractivity contribution < 1.29 is 8.78 Å². The predicted molar refractivity (Wildman–Crippen MR) is 53.8 cm³/mol. The van der Waals surface area contributed by atoms with Crippen LogP contribution in [-0.2, 0) is 0 Å². The average Bonchev–Trinajstić information content (AvgIpc) is 1.95. The molecule has 0 N–H and O–H groups in total. The predicted octanol–water partition coefficient (Wildman–Crippen LogP) is 4.20. The van der Waals surface area contributed by atoms with Crippen LogP contribution in [0.3, 0.4) is 0 Å². The van der Waals surface area contributed by atoms with E-state index in [0.717, 1.165) is 4.91 Å². The summed E-state index contributed by atoms with van der Waals surface area (Å²) in [5.41, 5.74) is -0.322. The lowest BCUT2D eigenvalue weighted by Gasteiger charge is -2.46. The summed E-state index contributed by atoms with van der Waals surface area (Å²) in [6.45, 7) is 7.36. The van der Waals surface area contributed by atoms with E-state index in [2.05, 4.69) is 6.58 Å². The van der Waals surface area contributed by atoms with Crippen LogP contribution in [0.4, 0.5) is 8.78 Å². The van der Waals surface area contributed by atoms with E-state index in [1.165, 1.54) is 11.8 Å². The largest absolute Gasteiger partial charge is 0.249 e. The van der Waals surface area contributed by atoms with Gasteiger partial charge in [0.25, 0.3) is 0 Å². The first-order valence-corrected chi connectivity index (χ1v) is 5.14. The van der Waals surface area contributed by atoms with Crippen LogP contribution < -0.4 is 0 Å². The molecule has 0 heterocycles. The van der Waals surface area contributed by atoms with Crippen LogP contribution in [0, 0.1) is 5.41 Å². The first-order valence-electron chi connectivity index (χ1n) is 4.26. The normalized spacial score (nSPS) is 25.1. The highest BCUT2D eigenvalue weighted by atomic mass is 32.2. The summed E-state index contributed by atoms with van der Waals surface area (Å²) in [5.74, 6) is -2.45. The van der Waals surface area contributed by atoms with Gasteiger partial charge in [-0.15, -0.1) is 11.8 Å². The van der Waals surface area contributed by atoms with Crippen molar-refractivity contribution >= 4 is 11.8 Å². The molecule has 1 aliphatic rings. The first kappa shape index (κ1) is 10.8. The molecule has 1 aliphatic carbocycles. The SMILES string of the molecule is C=CS/C(=C\C)C1(C)CC(F)(F)C1. The Hall–Kier alpha value is -0.310. The molecular formula is C10H14F2S. The topological polar surface area (TPSA) is 0 Å². The van der Waals surface area contributed by atoms with Crippen molar-refractivity contribution in [2.24, 2.45) is 5.41 Å². The van der Waals surface area contributed by atoms with Gasteiger partial charge in [0.05, 0.1) is 0 Å². The second-order valence-corrected chi connectivity index (χ2v) is 4.72. The Balaban J connectivity index is 2.67. The molecule has 0 nitrogen and oxygen atoms in total. The molecular weight excluding hydrogens is 190 g/mol. The van der Waals surface area contributed by atoms with Crippen molar-refractivity contribution in [1.29, 1.82) is 0 Å². The molecule has 0 atom stereocenters. The molecule has 1 rings (SSSR count). The summed E-state index contributed by atoms with van der Waals surface area (Å²) in [5, 5.41) is 1.69. The first-order chi connectivity index (χ1) is 5.93. The molecule has 0 aromatic heterocycles. The fraction of sp³-hybridized carbons (Fsp3) is 0.600. The summed E-state index contributed by atoms with van der Waals surface area (Å²) in [7, 11) is 0. The molecule has 0 saturated heterocycles. The van der Waals surface area contributed by atoms with E-state index in [4.69, 9.17) is 0 Å². The van der Waals surface area contributed by atoms with Crippen molar-refractivity contribution in [1.82, 2.24) is 0 Å². The van der Waals surface area contributed by atoms with E-state index in [0.29, 0.717) is 0 Å². The molecule has 0 aliphatic heterocycles. The fourth-order valence-corrected chi connectivity index (χ4v) is 2.66. The molecule has 0 spiro atoms. The minimum Gasteiger partial charge on any atom is -0.207 e. The van der Waals surface area contributed by atoms with Crippen LogP contribution in [0.15, 0.2) is 23.0 Å². The third-order valence-electron chi connectivity index (χ3n) is 2.36. The standard InChI is InChI=1S/C10H14F2S/c1-4-8(13-5-2)9(3)6-10(11,12)7-9/h4-5H,2,6-7H2,1,3H3/b8-4-. The quantitative estimate of drug-likeness (QED) is 0.663. The molecule has 1 saturated carbocycles. The van der Waals surface area contributed by atoms with E-state index in [-0.39, 0.29) is 18.3 Å². The second kappa shape index (κ2) is 3.45. The molecule has 74 valence electrons. The van der Waals surface area contributed by atoms with E-state index in [1.807, 2.05) is 19.9 Å².